The minimum absolute atomic E-state index is 0.0919. The molecule has 0 aliphatic rings. The van der Waals surface area contributed by atoms with E-state index in [0.717, 1.165) is 22.5 Å². The van der Waals surface area contributed by atoms with Crippen LogP contribution in [0.2, 0.25) is 0 Å². The lowest BCUT2D eigenvalue weighted by atomic mass is 10.3. The molecule has 0 radical (unpaired) electrons. The Balaban J connectivity index is 3.38. The van der Waals surface area contributed by atoms with Gasteiger partial charge >= 0.3 is 5.69 Å². The summed E-state index contributed by atoms with van der Waals surface area (Å²) in [5.41, 5.74) is -0.645. The molecule has 0 unspecified atom stereocenters. The molecule has 0 bridgehead atoms. The van der Waals surface area contributed by atoms with E-state index in [2.05, 4.69) is 6.58 Å². The van der Waals surface area contributed by atoms with Crippen LogP contribution in [0.1, 0.15) is 13.8 Å². The van der Waals surface area contributed by atoms with Crippen LogP contribution < -0.4 is 0 Å². The number of nitro groups is 1. The standard InChI is InChI=1S/C12H16N2O5S/c1-4-7-13(9(2)3)20(18,19)10-5-6-12(15)11(8-10)14(16)17/h4-6,8-9,15H,1,7H2,2-3H3. The molecule has 0 atom stereocenters. The Kier molecular flexibility index (Phi) is 4.85. The van der Waals surface area contributed by atoms with Gasteiger partial charge in [-0.15, -0.1) is 6.58 Å². The summed E-state index contributed by atoms with van der Waals surface area (Å²) < 4.78 is 26.0. The molecule has 7 nitrogen and oxygen atoms in total. The monoisotopic (exact) mass is 300 g/mol. The van der Waals surface area contributed by atoms with Crippen LogP contribution in [0, 0.1) is 10.1 Å². The van der Waals surface area contributed by atoms with Gasteiger partial charge in [0.05, 0.1) is 9.82 Å². The van der Waals surface area contributed by atoms with Crippen molar-refractivity contribution in [3.8, 4) is 5.75 Å². The van der Waals surface area contributed by atoms with E-state index in [9.17, 15) is 23.6 Å². The zero-order chi connectivity index (χ0) is 15.5. The van der Waals surface area contributed by atoms with Crippen molar-refractivity contribution in [2.24, 2.45) is 0 Å². The van der Waals surface area contributed by atoms with Gasteiger partial charge in [-0.1, -0.05) is 6.08 Å². The maximum absolute atomic E-state index is 12.4. The second-order valence-electron chi connectivity index (χ2n) is 4.36. The van der Waals surface area contributed by atoms with Gasteiger partial charge in [-0.2, -0.15) is 4.31 Å². The fourth-order valence-electron chi connectivity index (χ4n) is 1.66. The van der Waals surface area contributed by atoms with E-state index < -0.39 is 26.4 Å². The van der Waals surface area contributed by atoms with Crippen molar-refractivity contribution in [1.29, 1.82) is 0 Å². The fourth-order valence-corrected chi connectivity index (χ4v) is 3.29. The van der Waals surface area contributed by atoms with Crippen molar-refractivity contribution in [1.82, 2.24) is 4.31 Å². The molecule has 1 rings (SSSR count). The summed E-state index contributed by atoms with van der Waals surface area (Å²) in [7, 11) is -3.89. The smallest absolute Gasteiger partial charge is 0.312 e. The molecule has 0 aromatic heterocycles. The first-order valence-corrected chi connectivity index (χ1v) is 7.26. The van der Waals surface area contributed by atoms with Crippen molar-refractivity contribution < 1.29 is 18.4 Å². The van der Waals surface area contributed by atoms with Crippen LogP contribution in [0.3, 0.4) is 0 Å². The van der Waals surface area contributed by atoms with Crippen molar-refractivity contribution in [2.75, 3.05) is 6.54 Å². The Morgan fingerprint density at radius 3 is 2.55 bits per heavy atom. The number of nitrogens with zero attached hydrogens (tertiary/aromatic N) is 2. The number of phenolic OH excluding ortho intramolecular Hbond substituents is 1. The van der Waals surface area contributed by atoms with E-state index in [4.69, 9.17) is 0 Å². The van der Waals surface area contributed by atoms with Gasteiger partial charge < -0.3 is 5.11 Å². The Labute approximate surface area is 117 Å². The normalized spacial score (nSPS) is 11.8. The zero-order valence-corrected chi connectivity index (χ0v) is 12.0. The predicted molar refractivity (Wildman–Crippen MR) is 74.0 cm³/mol. The van der Waals surface area contributed by atoms with E-state index in [-0.39, 0.29) is 17.5 Å². The van der Waals surface area contributed by atoms with E-state index in [0.29, 0.717) is 0 Å². The highest BCUT2D eigenvalue weighted by molar-refractivity contribution is 7.89. The zero-order valence-electron chi connectivity index (χ0n) is 11.2. The first kappa shape index (κ1) is 16.1. The number of hydrogen-bond acceptors (Lipinski definition) is 5. The lowest BCUT2D eigenvalue weighted by Crippen LogP contribution is -2.37. The Morgan fingerprint density at radius 1 is 1.50 bits per heavy atom. The largest absolute Gasteiger partial charge is 0.502 e. The summed E-state index contributed by atoms with van der Waals surface area (Å²) in [6.45, 7) is 6.97. The molecule has 0 saturated heterocycles. The van der Waals surface area contributed by atoms with E-state index >= 15 is 0 Å². The molecule has 110 valence electrons. The molecule has 1 N–H and O–H groups in total. The number of aromatic hydroxyl groups is 1. The number of sulfonamides is 1. The molecule has 8 heteroatoms. The maximum Gasteiger partial charge on any atom is 0.312 e. The highest BCUT2D eigenvalue weighted by Crippen LogP contribution is 2.30. The highest BCUT2D eigenvalue weighted by atomic mass is 32.2. The maximum atomic E-state index is 12.4. The van der Waals surface area contributed by atoms with Crippen LogP contribution in [0.15, 0.2) is 35.7 Å². The van der Waals surface area contributed by atoms with Crippen LogP contribution in [-0.4, -0.2) is 35.3 Å². The van der Waals surface area contributed by atoms with Crippen molar-refractivity contribution >= 4 is 15.7 Å². The van der Waals surface area contributed by atoms with Crippen molar-refractivity contribution in [3.05, 3.63) is 41.0 Å². The number of hydrogen-bond donors (Lipinski definition) is 1. The van der Waals surface area contributed by atoms with Crippen LogP contribution in [0.4, 0.5) is 5.69 Å². The SMILES string of the molecule is C=CCN(C(C)C)S(=O)(=O)c1ccc(O)c([N+](=O)[O-])c1. The third-order valence-corrected chi connectivity index (χ3v) is 4.67. The van der Waals surface area contributed by atoms with Crippen molar-refractivity contribution in [3.63, 3.8) is 0 Å². The molecule has 0 spiro atoms. The van der Waals surface area contributed by atoms with Gasteiger partial charge in [0.25, 0.3) is 0 Å². The predicted octanol–water partition coefficient (Wildman–Crippen LogP) is 1.89. The fraction of sp³-hybridized carbons (Fsp3) is 0.333. The average molecular weight is 300 g/mol. The number of rotatable bonds is 6. The highest BCUT2D eigenvalue weighted by Gasteiger charge is 2.28. The van der Waals surface area contributed by atoms with Crippen LogP contribution in [0.25, 0.3) is 0 Å². The summed E-state index contributed by atoms with van der Waals surface area (Å²) in [6.07, 6.45) is 1.44. The second kappa shape index (κ2) is 6.02. The molecular formula is C12H16N2O5S. The van der Waals surface area contributed by atoms with Crippen molar-refractivity contribution in [2.45, 2.75) is 24.8 Å². The molecule has 0 aliphatic carbocycles. The van der Waals surface area contributed by atoms with Crippen LogP contribution in [0.5, 0.6) is 5.75 Å². The van der Waals surface area contributed by atoms with Gasteiger partial charge in [0.15, 0.2) is 5.75 Å². The van der Waals surface area contributed by atoms with E-state index in [1.807, 2.05) is 0 Å². The summed E-state index contributed by atoms with van der Waals surface area (Å²) in [4.78, 5) is 9.68. The van der Waals surface area contributed by atoms with Crippen LogP contribution in [-0.2, 0) is 10.0 Å². The molecule has 0 fully saturated rings. The number of benzene rings is 1. The van der Waals surface area contributed by atoms with Crippen LogP contribution >= 0.6 is 0 Å². The first-order chi connectivity index (χ1) is 9.21. The van der Waals surface area contributed by atoms with Gasteiger partial charge in [-0.05, 0) is 26.0 Å². The summed E-state index contributed by atoms with van der Waals surface area (Å²) in [5.74, 6) is -0.575. The number of phenols is 1. The summed E-state index contributed by atoms with van der Waals surface area (Å²) in [5, 5.41) is 20.1. The lowest BCUT2D eigenvalue weighted by molar-refractivity contribution is -0.386. The Hall–Kier alpha value is -1.93. The second-order valence-corrected chi connectivity index (χ2v) is 6.26. The van der Waals surface area contributed by atoms with Gasteiger partial charge in [0.2, 0.25) is 10.0 Å². The minimum atomic E-state index is -3.89. The molecule has 0 aliphatic heterocycles. The molecular weight excluding hydrogens is 284 g/mol. The third-order valence-electron chi connectivity index (χ3n) is 2.64. The first-order valence-electron chi connectivity index (χ1n) is 5.82. The number of nitro benzene ring substituents is 1. The Morgan fingerprint density at radius 2 is 2.10 bits per heavy atom. The van der Waals surface area contributed by atoms with Gasteiger partial charge in [0, 0.05) is 18.7 Å². The Bertz CT molecular complexity index is 625. The average Bonchev–Trinajstić information content (AvgIpc) is 2.35. The third kappa shape index (κ3) is 3.14. The lowest BCUT2D eigenvalue weighted by Gasteiger charge is -2.24. The quantitative estimate of drug-likeness (QED) is 0.491. The molecule has 0 saturated carbocycles. The summed E-state index contributed by atoms with van der Waals surface area (Å²) >= 11 is 0. The molecule has 0 amide bonds. The molecule has 20 heavy (non-hydrogen) atoms. The molecule has 1 aromatic rings. The van der Waals surface area contributed by atoms with Gasteiger partial charge in [0.1, 0.15) is 0 Å². The summed E-state index contributed by atoms with van der Waals surface area (Å²) in [6, 6.07) is 2.65. The topological polar surface area (TPSA) is 101 Å². The van der Waals surface area contributed by atoms with E-state index in [1.54, 1.807) is 13.8 Å². The molecule has 1 aromatic carbocycles. The van der Waals surface area contributed by atoms with E-state index in [1.165, 1.54) is 6.08 Å². The minimum Gasteiger partial charge on any atom is -0.502 e. The van der Waals surface area contributed by atoms with Gasteiger partial charge in [-0.25, -0.2) is 8.42 Å². The molecule has 0 heterocycles. The van der Waals surface area contributed by atoms with Gasteiger partial charge in [-0.3, -0.25) is 10.1 Å².